The predicted molar refractivity (Wildman–Crippen MR) is 134 cm³/mol. The van der Waals surface area contributed by atoms with Crippen LogP contribution in [0.5, 0.6) is 0 Å². The van der Waals surface area contributed by atoms with Gasteiger partial charge in [-0.15, -0.1) is 11.3 Å². The summed E-state index contributed by atoms with van der Waals surface area (Å²) in [7, 11) is 0. The Kier molecular flexibility index (Phi) is 5.08. The Morgan fingerprint density at radius 3 is 2.16 bits per heavy atom. The van der Waals surface area contributed by atoms with Crippen LogP contribution in [0.3, 0.4) is 0 Å². The molecular weight excluding hydrogens is 412 g/mol. The molecular formula is C28H22N2OS. The van der Waals surface area contributed by atoms with E-state index in [1.165, 1.54) is 11.3 Å². The molecule has 0 radical (unpaired) electrons. The highest BCUT2D eigenvalue weighted by Gasteiger charge is 2.23. The zero-order chi connectivity index (χ0) is 22.2. The molecule has 5 rings (SSSR count). The van der Waals surface area contributed by atoms with Gasteiger partial charge in [-0.1, -0.05) is 84.4 Å². The number of nitrogens with two attached hydrogens (primary N) is 1. The van der Waals surface area contributed by atoms with Gasteiger partial charge in [0.25, 0.3) is 0 Å². The molecule has 2 aromatic heterocycles. The predicted octanol–water partition coefficient (Wildman–Crippen LogP) is 7.06. The van der Waals surface area contributed by atoms with Gasteiger partial charge in [0.15, 0.2) is 0 Å². The van der Waals surface area contributed by atoms with E-state index in [-0.39, 0.29) is 5.78 Å². The third-order valence-electron chi connectivity index (χ3n) is 5.69. The number of carbonyl (C=O) groups excluding carboxylic acids is 1. The lowest BCUT2D eigenvalue weighted by Gasteiger charge is -2.09. The lowest BCUT2D eigenvalue weighted by atomic mass is 9.97. The van der Waals surface area contributed by atoms with Crippen LogP contribution < -0.4 is 5.73 Å². The summed E-state index contributed by atoms with van der Waals surface area (Å²) in [4.78, 5) is 19.7. The van der Waals surface area contributed by atoms with Crippen molar-refractivity contribution >= 4 is 33.0 Å². The number of rotatable bonds is 4. The van der Waals surface area contributed by atoms with Gasteiger partial charge in [0.2, 0.25) is 5.78 Å². The summed E-state index contributed by atoms with van der Waals surface area (Å²) in [6, 6.07) is 28.2. The first-order valence-electron chi connectivity index (χ1n) is 10.5. The van der Waals surface area contributed by atoms with E-state index in [1.54, 1.807) is 0 Å². The second kappa shape index (κ2) is 8.06. The van der Waals surface area contributed by atoms with Crippen molar-refractivity contribution in [2.24, 2.45) is 0 Å². The van der Waals surface area contributed by atoms with Crippen molar-refractivity contribution in [3.05, 3.63) is 106 Å². The number of nitrogens with zero attached hydrogens (tertiary/aromatic N) is 1. The summed E-state index contributed by atoms with van der Waals surface area (Å²) in [6.07, 6.45) is 0. The Morgan fingerprint density at radius 2 is 1.50 bits per heavy atom. The first-order chi connectivity index (χ1) is 15.5. The average molecular weight is 435 g/mol. The molecule has 0 bridgehead atoms. The summed E-state index contributed by atoms with van der Waals surface area (Å²) < 4.78 is 0. The highest BCUT2D eigenvalue weighted by molar-refractivity contribution is 7.21. The van der Waals surface area contributed by atoms with Crippen LogP contribution in [-0.4, -0.2) is 10.8 Å². The van der Waals surface area contributed by atoms with E-state index in [4.69, 9.17) is 10.7 Å². The maximum absolute atomic E-state index is 13.5. The number of aromatic nitrogens is 1. The quantitative estimate of drug-likeness (QED) is 0.308. The Balaban J connectivity index is 1.76. The van der Waals surface area contributed by atoms with E-state index in [1.807, 2.05) is 80.6 Å². The van der Waals surface area contributed by atoms with Crippen molar-refractivity contribution < 1.29 is 4.79 Å². The van der Waals surface area contributed by atoms with Crippen molar-refractivity contribution in [1.29, 1.82) is 0 Å². The Morgan fingerprint density at radius 1 is 0.844 bits per heavy atom. The van der Waals surface area contributed by atoms with Crippen LogP contribution in [0.1, 0.15) is 26.4 Å². The molecule has 156 valence electrons. The molecule has 0 amide bonds. The Bertz CT molecular complexity index is 1450. The summed E-state index contributed by atoms with van der Waals surface area (Å²) >= 11 is 1.37. The maximum atomic E-state index is 13.5. The number of anilines is 1. The van der Waals surface area contributed by atoms with Crippen LogP contribution in [0.2, 0.25) is 0 Å². The third-order valence-corrected chi connectivity index (χ3v) is 6.78. The fourth-order valence-electron chi connectivity index (χ4n) is 4.08. The van der Waals surface area contributed by atoms with E-state index in [0.29, 0.717) is 16.1 Å². The average Bonchev–Trinajstić information content (AvgIpc) is 3.15. The van der Waals surface area contributed by atoms with Crippen LogP contribution in [-0.2, 0) is 0 Å². The standard InChI is InChI=1S/C28H22N2OS/c1-17-13-14-21(18(2)15-17)26(31)27-25(29)24-22(19-9-5-3-6-10-19)16-23(30-28(24)32-27)20-11-7-4-8-12-20/h3-16H,29H2,1-2H3. The lowest BCUT2D eigenvalue weighted by Crippen LogP contribution is -2.04. The van der Waals surface area contributed by atoms with Crippen molar-refractivity contribution in [3.63, 3.8) is 0 Å². The van der Waals surface area contributed by atoms with Crippen LogP contribution in [0.25, 0.3) is 32.6 Å². The first-order valence-corrected chi connectivity index (χ1v) is 11.3. The van der Waals surface area contributed by atoms with Gasteiger partial charge < -0.3 is 5.73 Å². The molecule has 0 atom stereocenters. The van der Waals surface area contributed by atoms with Crippen LogP contribution in [0.4, 0.5) is 5.69 Å². The number of hydrogen-bond acceptors (Lipinski definition) is 4. The number of benzene rings is 3. The molecule has 3 aromatic carbocycles. The minimum absolute atomic E-state index is 0.0525. The molecule has 32 heavy (non-hydrogen) atoms. The zero-order valence-corrected chi connectivity index (χ0v) is 18.7. The first kappa shape index (κ1) is 20.2. The molecule has 3 nitrogen and oxygen atoms in total. The van der Waals surface area contributed by atoms with E-state index in [0.717, 1.165) is 43.7 Å². The normalized spacial score (nSPS) is 11.1. The number of carbonyl (C=O) groups is 1. The van der Waals surface area contributed by atoms with Gasteiger partial charge in [0.1, 0.15) is 9.71 Å². The van der Waals surface area contributed by atoms with Gasteiger partial charge >= 0.3 is 0 Å². The van der Waals surface area contributed by atoms with Gasteiger partial charge in [-0.2, -0.15) is 0 Å². The minimum Gasteiger partial charge on any atom is -0.397 e. The Hall–Kier alpha value is -3.76. The van der Waals surface area contributed by atoms with Gasteiger partial charge in [0.05, 0.1) is 11.4 Å². The summed E-state index contributed by atoms with van der Waals surface area (Å²) in [5.41, 5.74) is 13.8. The molecule has 5 aromatic rings. The molecule has 2 heterocycles. The summed E-state index contributed by atoms with van der Waals surface area (Å²) in [5, 5.41) is 0.842. The van der Waals surface area contributed by atoms with Crippen molar-refractivity contribution in [3.8, 4) is 22.4 Å². The number of hydrogen-bond donors (Lipinski definition) is 1. The molecule has 4 heteroatoms. The summed E-state index contributed by atoms with van der Waals surface area (Å²) in [6.45, 7) is 3.99. The Labute approximate surface area is 191 Å². The monoisotopic (exact) mass is 434 g/mol. The number of thiophene rings is 1. The molecule has 0 unspecified atom stereocenters. The van der Waals surface area contributed by atoms with E-state index < -0.39 is 0 Å². The van der Waals surface area contributed by atoms with Crippen LogP contribution in [0, 0.1) is 13.8 Å². The van der Waals surface area contributed by atoms with Crippen molar-refractivity contribution in [2.45, 2.75) is 13.8 Å². The van der Waals surface area contributed by atoms with Crippen molar-refractivity contribution in [1.82, 2.24) is 4.98 Å². The molecule has 0 saturated carbocycles. The topological polar surface area (TPSA) is 56.0 Å². The lowest BCUT2D eigenvalue weighted by molar-refractivity contribution is 0.104. The van der Waals surface area contributed by atoms with Gasteiger partial charge in [0, 0.05) is 16.5 Å². The molecule has 0 aliphatic rings. The third kappa shape index (κ3) is 3.49. The number of ketones is 1. The number of nitrogen functional groups attached to an aromatic ring is 1. The van der Waals surface area contributed by atoms with Crippen LogP contribution >= 0.6 is 11.3 Å². The molecule has 0 fully saturated rings. The SMILES string of the molecule is Cc1ccc(C(=O)c2sc3nc(-c4ccccc4)cc(-c4ccccc4)c3c2N)c(C)c1. The van der Waals surface area contributed by atoms with Gasteiger partial charge in [-0.25, -0.2) is 4.98 Å². The smallest absolute Gasteiger partial charge is 0.205 e. The second-order valence-electron chi connectivity index (χ2n) is 7.96. The minimum atomic E-state index is -0.0525. The van der Waals surface area contributed by atoms with Gasteiger partial charge in [-0.3, -0.25) is 4.79 Å². The highest BCUT2D eigenvalue weighted by atomic mass is 32.1. The molecule has 0 saturated heterocycles. The number of aryl methyl sites for hydroxylation is 2. The largest absolute Gasteiger partial charge is 0.397 e. The van der Waals surface area contributed by atoms with E-state index in [2.05, 4.69) is 18.2 Å². The molecule has 0 aliphatic heterocycles. The summed E-state index contributed by atoms with van der Waals surface area (Å²) in [5.74, 6) is -0.0525. The van der Waals surface area contributed by atoms with Crippen LogP contribution in [0.15, 0.2) is 84.9 Å². The van der Waals surface area contributed by atoms with Crippen molar-refractivity contribution in [2.75, 3.05) is 5.73 Å². The maximum Gasteiger partial charge on any atom is 0.205 e. The van der Waals surface area contributed by atoms with E-state index in [9.17, 15) is 4.79 Å². The molecule has 0 spiro atoms. The number of fused-ring (bicyclic) bond motifs is 1. The second-order valence-corrected chi connectivity index (χ2v) is 8.96. The number of pyridine rings is 1. The fraction of sp³-hybridized carbons (Fsp3) is 0.0714. The fourth-order valence-corrected chi connectivity index (χ4v) is 5.16. The van der Waals surface area contributed by atoms with Gasteiger partial charge in [-0.05, 0) is 36.6 Å². The zero-order valence-electron chi connectivity index (χ0n) is 17.9. The molecule has 0 aliphatic carbocycles. The highest BCUT2D eigenvalue weighted by Crippen LogP contribution is 2.42. The van der Waals surface area contributed by atoms with E-state index >= 15 is 0 Å². The molecule has 2 N–H and O–H groups in total.